The van der Waals surface area contributed by atoms with Crippen LogP contribution in [0.5, 0.6) is 0 Å². The number of amides is 1. The molecule has 0 aliphatic carbocycles. The molecule has 1 aromatic rings. The fourth-order valence-electron chi connectivity index (χ4n) is 4.21. The molecule has 2 aliphatic heterocycles. The lowest BCUT2D eigenvalue weighted by molar-refractivity contribution is 0.0610. The lowest BCUT2D eigenvalue weighted by atomic mass is 9.85. The minimum atomic E-state index is -3.16. The van der Waals surface area contributed by atoms with Crippen molar-refractivity contribution in [3.05, 3.63) is 18.2 Å². The number of nitrogens with zero attached hydrogens (tertiary/aromatic N) is 4. The van der Waals surface area contributed by atoms with Crippen LogP contribution in [0.1, 0.15) is 49.5 Å². The van der Waals surface area contributed by atoms with E-state index in [-0.39, 0.29) is 11.9 Å². The van der Waals surface area contributed by atoms with Crippen molar-refractivity contribution in [1.29, 1.82) is 0 Å². The largest absolute Gasteiger partial charge is 0.337 e. The highest BCUT2D eigenvalue weighted by atomic mass is 32.2. The lowest BCUT2D eigenvalue weighted by Gasteiger charge is -2.42. The molecule has 140 valence electrons. The van der Waals surface area contributed by atoms with Crippen LogP contribution in [0.4, 0.5) is 0 Å². The maximum absolute atomic E-state index is 12.7. The van der Waals surface area contributed by atoms with Crippen LogP contribution in [0.15, 0.2) is 12.5 Å². The Labute approximate surface area is 150 Å². The zero-order valence-corrected chi connectivity index (χ0v) is 15.9. The highest BCUT2D eigenvalue weighted by Crippen LogP contribution is 2.32. The standard InChI is InChI=1S/C17H28N4O3S/c1-3-19-13-18-12-16(19)17(22)20-10-7-14(8-11-20)15-6-4-5-9-21(15)25(2,23)24/h12-15H,3-11H2,1-2H3. The van der Waals surface area contributed by atoms with Gasteiger partial charge in [0.25, 0.3) is 5.91 Å². The Kier molecular flexibility index (Phi) is 5.48. The van der Waals surface area contributed by atoms with Crippen LogP contribution < -0.4 is 0 Å². The monoisotopic (exact) mass is 368 g/mol. The van der Waals surface area contributed by atoms with E-state index in [0.717, 1.165) is 38.6 Å². The molecule has 1 atom stereocenters. The van der Waals surface area contributed by atoms with Gasteiger partial charge >= 0.3 is 0 Å². The van der Waals surface area contributed by atoms with E-state index in [1.807, 2.05) is 16.4 Å². The summed E-state index contributed by atoms with van der Waals surface area (Å²) in [5.74, 6) is 0.372. The van der Waals surface area contributed by atoms with Crippen LogP contribution in [0.25, 0.3) is 0 Å². The topological polar surface area (TPSA) is 75.5 Å². The molecule has 1 unspecified atom stereocenters. The summed E-state index contributed by atoms with van der Waals surface area (Å²) in [6, 6.07) is 0.0992. The molecule has 2 fully saturated rings. The van der Waals surface area contributed by atoms with Gasteiger partial charge in [-0.25, -0.2) is 13.4 Å². The van der Waals surface area contributed by atoms with Gasteiger partial charge in [-0.3, -0.25) is 4.79 Å². The van der Waals surface area contributed by atoms with E-state index in [1.54, 1.807) is 16.8 Å². The molecule has 3 rings (SSSR count). The van der Waals surface area contributed by atoms with Crippen LogP contribution in [0, 0.1) is 5.92 Å². The zero-order valence-electron chi connectivity index (χ0n) is 15.1. The summed E-state index contributed by atoms with van der Waals surface area (Å²) >= 11 is 0. The first kappa shape index (κ1) is 18.4. The van der Waals surface area contributed by atoms with E-state index in [4.69, 9.17) is 0 Å². The second-order valence-electron chi connectivity index (χ2n) is 7.13. The number of imidazole rings is 1. The minimum Gasteiger partial charge on any atom is -0.337 e. The summed E-state index contributed by atoms with van der Waals surface area (Å²) in [4.78, 5) is 18.7. The Balaban J connectivity index is 1.64. The maximum atomic E-state index is 12.7. The van der Waals surface area contributed by atoms with Crippen LogP contribution in [-0.4, -0.2) is 65.0 Å². The Morgan fingerprint density at radius 3 is 2.56 bits per heavy atom. The lowest BCUT2D eigenvalue weighted by Crippen LogP contribution is -2.50. The average Bonchev–Trinajstić information content (AvgIpc) is 3.09. The molecular formula is C17H28N4O3S. The van der Waals surface area contributed by atoms with Crippen molar-refractivity contribution in [2.75, 3.05) is 25.9 Å². The summed E-state index contributed by atoms with van der Waals surface area (Å²) in [6.45, 7) is 4.73. The molecule has 7 nitrogen and oxygen atoms in total. The van der Waals surface area contributed by atoms with Crippen molar-refractivity contribution in [2.45, 2.75) is 51.6 Å². The highest BCUT2D eigenvalue weighted by Gasteiger charge is 2.37. The van der Waals surface area contributed by atoms with E-state index < -0.39 is 10.0 Å². The van der Waals surface area contributed by atoms with Crippen molar-refractivity contribution in [1.82, 2.24) is 18.8 Å². The third kappa shape index (κ3) is 3.89. The van der Waals surface area contributed by atoms with Crippen molar-refractivity contribution in [3.63, 3.8) is 0 Å². The Morgan fingerprint density at radius 1 is 1.20 bits per heavy atom. The van der Waals surface area contributed by atoms with Gasteiger partial charge in [-0.2, -0.15) is 4.31 Å². The Hall–Kier alpha value is -1.41. The summed E-state index contributed by atoms with van der Waals surface area (Å²) in [5, 5.41) is 0. The normalized spacial score (nSPS) is 23.8. The van der Waals surface area contributed by atoms with Crippen molar-refractivity contribution in [2.24, 2.45) is 5.92 Å². The summed E-state index contributed by atoms with van der Waals surface area (Å²) in [5.41, 5.74) is 0.636. The van der Waals surface area contributed by atoms with Crippen LogP contribution in [0.2, 0.25) is 0 Å². The second-order valence-corrected chi connectivity index (χ2v) is 9.07. The first-order chi connectivity index (χ1) is 11.9. The van der Waals surface area contributed by atoms with Crippen molar-refractivity contribution >= 4 is 15.9 Å². The number of aryl methyl sites for hydroxylation is 1. The molecular weight excluding hydrogens is 340 g/mol. The predicted molar refractivity (Wildman–Crippen MR) is 95.7 cm³/mol. The number of hydrogen-bond donors (Lipinski definition) is 0. The van der Waals surface area contributed by atoms with Gasteiger partial charge < -0.3 is 9.47 Å². The van der Waals surface area contributed by atoms with E-state index in [9.17, 15) is 13.2 Å². The number of sulfonamides is 1. The van der Waals surface area contributed by atoms with Gasteiger partial charge in [0, 0.05) is 32.2 Å². The van der Waals surface area contributed by atoms with Gasteiger partial charge in [-0.05, 0) is 38.5 Å². The third-order valence-corrected chi connectivity index (χ3v) is 6.87. The SMILES string of the molecule is CCn1cncc1C(=O)N1CCC(C2CCCCN2S(C)(=O)=O)CC1. The molecule has 0 N–H and O–H groups in total. The highest BCUT2D eigenvalue weighted by molar-refractivity contribution is 7.88. The fourth-order valence-corrected chi connectivity index (χ4v) is 5.44. The Bertz CT molecular complexity index is 707. The number of aromatic nitrogens is 2. The van der Waals surface area contributed by atoms with Gasteiger partial charge in [-0.15, -0.1) is 0 Å². The van der Waals surface area contributed by atoms with E-state index in [2.05, 4.69) is 4.98 Å². The average molecular weight is 369 g/mol. The van der Waals surface area contributed by atoms with Crippen molar-refractivity contribution in [3.8, 4) is 0 Å². The molecule has 0 spiro atoms. The van der Waals surface area contributed by atoms with Crippen molar-refractivity contribution < 1.29 is 13.2 Å². The van der Waals surface area contributed by atoms with E-state index in [0.29, 0.717) is 31.2 Å². The third-order valence-electron chi connectivity index (χ3n) is 5.57. The molecule has 2 saturated heterocycles. The smallest absolute Gasteiger partial charge is 0.272 e. The molecule has 1 amide bonds. The number of rotatable bonds is 4. The number of likely N-dealkylation sites (tertiary alicyclic amines) is 1. The molecule has 3 heterocycles. The zero-order chi connectivity index (χ0) is 18.0. The summed E-state index contributed by atoms with van der Waals surface area (Å²) in [6.07, 6.45) is 9.33. The summed E-state index contributed by atoms with van der Waals surface area (Å²) < 4.78 is 27.7. The van der Waals surface area contributed by atoms with Gasteiger partial charge in [-0.1, -0.05) is 6.42 Å². The first-order valence-corrected chi connectivity index (χ1v) is 11.0. The molecule has 0 radical (unpaired) electrons. The predicted octanol–water partition coefficient (Wildman–Crippen LogP) is 1.57. The maximum Gasteiger partial charge on any atom is 0.272 e. The molecule has 25 heavy (non-hydrogen) atoms. The molecule has 0 bridgehead atoms. The van der Waals surface area contributed by atoms with Gasteiger partial charge in [0.1, 0.15) is 5.69 Å². The van der Waals surface area contributed by atoms with Gasteiger partial charge in [0.05, 0.1) is 18.8 Å². The van der Waals surface area contributed by atoms with Gasteiger partial charge in [0.15, 0.2) is 0 Å². The van der Waals surface area contributed by atoms with Crippen LogP contribution in [-0.2, 0) is 16.6 Å². The Morgan fingerprint density at radius 2 is 1.92 bits per heavy atom. The quantitative estimate of drug-likeness (QED) is 0.808. The molecule has 8 heteroatoms. The molecule has 0 aromatic carbocycles. The van der Waals surface area contributed by atoms with E-state index >= 15 is 0 Å². The van der Waals surface area contributed by atoms with Crippen LogP contribution >= 0.6 is 0 Å². The first-order valence-electron chi connectivity index (χ1n) is 9.18. The molecule has 2 aliphatic rings. The number of hydrogen-bond acceptors (Lipinski definition) is 4. The molecule has 0 saturated carbocycles. The summed E-state index contributed by atoms with van der Waals surface area (Å²) in [7, 11) is -3.16. The number of carbonyl (C=O) groups excluding carboxylic acids is 1. The number of piperidine rings is 2. The second kappa shape index (κ2) is 7.45. The molecule has 1 aromatic heterocycles. The van der Waals surface area contributed by atoms with Crippen LogP contribution in [0.3, 0.4) is 0 Å². The number of carbonyl (C=O) groups is 1. The fraction of sp³-hybridized carbons (Fsp3) is 0.765. The minimum absolute atomic E-state index is 0.0291. The van der Waals surface area contributed by atoms with Gasteiger partial charge in [0.2, 0.25) is 10.0 Å². The van der Waals surface area contributed by atoms with E-state index in [1.165, 1.54) is 6.26 Å².